The van der Waals surface area contributed by atoms with Crippen LogP contribution in [-0.4, -0.2) is 55.6 Å². The van der Waals surface area contributed by atoms with Gasteiger partial charge in [-0.3, -0.25) is 9.78 Å². The van der Waals surface area contributed by atoms with Crippen molar-refractivity contribution in [2.45, 2.75) is 37.4 Å². The van der Waals surface area contributed by atoms with Crippen LogP contribution in [0.4, 0.5) is 15.9 Å². The van der Waals surface area contributed by atoms with E-state index in [1.54, 1.807) is 12.3 Å². The molecule has 1 saturated heterocycles. The van der Waals surface area contributed by atoms with E-state index in [1.807, 2.05) is 42.5 Å². The molecule has 1 fully saturated rings. The van der Waals surface area contributed by atoms with Crippen molar-refractivity contribution in [2.75, 3.05) is 29.3 Å². The van der Waals surface area contributed by atoms with Crippen LogP contribution in [-0.2, 0) is 25.8 Å². The zero-order valence-corrected chi connectivity index (χ0v) is 22.5. The van der Waals surface area contributed by atoms with Crippen LogP contribution in [0.5, 0.6) is 0 Å². The number of alkyl halides is 1. The molecule has 10 heteroatoms. The maximum absolute atomic E-state index is 12.8. The Kier molecular flexibility index (Phi) is 7.58. The van der Waals surface area contributed by atoms with Gasteiger partial charge in [0, 0.05) is 35.9 Å². The Labute approximate surface area is 226 Å². The number of aromatic nitrogens is 2. The van der Waals surface area contributed by atoms with Gasteiger partial charge in [-0.2, -0.15) is 0 Å². The summed E-state index contributed by atoms with van der Waals surface area (Å²) in [4.78, 5) is 24.1. The molecule has 4 aromatic rings. The lowest BCUT2D eigenvalue weighted by Crippen LogP contribution is -2.45. The largest absolute Gasteiger partial charge is 0.372 e. The molecular weight excluding hydrogens is 519 g/mol. The van der Waals surface area contributed by atoms with E-state index in [4.69, 9.17) is 9.72 Å². The summed E-state index contributed by atoms with van der Waals surface area (Å²) in [7, 11) is -4.02. The second-order valence-corrected chi connectivity index (χ2v) is 11.7. The molecule has 1 aliphatic heterocycles. The summed E-state index contributed by atoms with van der Waals surface area (Å²) >= 11 is 0. The zero-order valence-electron chi connectivity index (χ0n) is 21.7. The highest BCUT2D eigenvalue weighted by Crippen LogP contribution is 2.27. The number of benzene rings is 2. The molecule has 0 unspecified atom stereocenters. The van der Waals surface area contributed by atoms with Crippen molar-refractivity contribution in [1.82, 2.24) is 9.97 Å². The van der Waals surface area contributed by atoms with Crippen LogP contribution >= 0.6 is 0 Å². The first-order valence-electron chi connectivity index (χ1n) is 12.7. The molecular formula is C29H29FN4O4S. The summed E-state index contributed by atoms with van der Waals surface area (Å²) in [5.41, 5.74) is 2.63. The zero-order chi connectivity index (χ0) is 27.6. The van der Waals surface area contributed by atoms with Gasteiger partial charge in [0.25, 0.3) is 0 Å². The Bertz CT molecular complexity index is 1620. The van der Waals surface area contributed by atoms with E-state index in [0.717, 1.165) is 40.9 Å². The van der Waals surface area contributed by atoms with E-state index < -0.39 is 15.8 Å². The lowest BCUT2D eigenvalue weighted by Gasteiger charge is -2.36. The summed E-state index contributed by atoms with van der Waals surface area (Å²) in [6.07, 6.45) is 1.98. The van der Waals surface area contributed by atoms with Crippen LogP contribution in [0.15, 0.2) is 77.8 Å². The summed E-state index contributed by atoms with van der Waals surface area (Å²) < 4.78 is 42.3. The average molecular weight is 549 g/mol. The van der Waals surface area contributed by atoms with Crippen LogP contribution in [0.25, 0.3) is 22.0 Å². The lowest BCUT2D eigenvalue weighted by molar-refractivity contribution is -0.115. The first kappa shape index (κ1) is 26.7. The molecule has 0 aliphatic carbocycles. The molecule has 2 atom stereocenters. The maximum atomic E-state index is 12.8. The number of morpholine rings is 1. The van der Waals surface area contributed by atoms with Crippen LogP contribution < -0.4 is 10.2 Å². The molecule has 1 amide bonds. The van der Waals surface area contributed by atoms with Crippen LogP contribution in [0.2, 0.25) is 0 Å². The van der Waals surface area contributed by atoms with Crippen molar-refractivity contribution < 1.29 is 22.3 Å². The smallest absolute Gasteiger partial charge is 0.230 e. The SMILES string of the molecule is C[C@@H]1CN(c2cccc(-c3ccc4cnc(CC(=O)Nc5cccc(S(=O)(=O)CF)c5)cc4c3)n2)C[C@H](C)O1. The first-order valence-corrected chi connectivity index (χ1v) is 14.3. The molecule has 0 radical (unpaired) electrons. The summed E-state index contributed by atoms with van der Waals surface area (Å²) in [6, 6.07) is 17.9. The average Bonchev–Trinajstić information content (AvgIpc) is 2.92. The molecule has 3 heterocycles. The van der Waals surface area contributed by atoms with E-state index in [-0.39, 0.29) is 35.1 Å². The van der Waals surface area contributed by atoms with Crippen LogP contribution in [0.1, 0.15) is 19.5 Å². The Morgan fingerprint density at radius 1 is 1.03 bits per heavy atom. The fourth-order valence-electron chi connectivity index (χ4n) is 4.77. The van der Waals surface area contributed by atoms with E-state index in [9.17, 15) is 17.6 Å². The Hall–Kier alpha value is -3.89. The lowest BCUT2D eigenvalue weighted by atomic mass is 10.0. The van der Waals surface area contributed by atoms with Gasteiger partial charge in [0.15, 0.2) is 6.01 Å². The van der Waals surface area contributed by atoms with Gasteiger partial charge in [-0.15, -0.1) is 0 Å². The van der Waals surface area contributed by atoms with E-state index >= 15 is 0 Å². The highest BCUT2D eigenvalue weighted by atomic mass is 32.2. The monoisotopic (exact) mass is 548 g/mol. The third-order valence-corrected chi connectivity index (χ3v) is 7.77. The van der Waals surface area contributed by atoms with Crippen molar-refractivity contribution in [1.29, 1.82) is 0 Å². The molecule has 1 aliphatic rings. The summed E-state index contributed by atoms with van der Waals surface area (Å²) in [5, 5.41) is 4.51. The number of halogens is 1. The normalized spacial score (nSPS) is 17.8. The Balaban J connectivity index is 1.34. The van der Waals surface area contributed by atoms with Gasteiger partial charge < -0.3 is 15.0 Å². The number of rotatable bonds is 7. The molecule has 8 nitrogen and oxygen atoms in total. The maximum Gasteiger partial charge on any atom is 0.230 e. The van der Waals surface area contributed by atoms with Gasteiger partial charge in [-0.05, 0) is 61.7 Å². The fraction of sp³-hybridized carbons (Fsp3) is 0.276. The Morgan fingerprint density at radius 3 is 2.56 bits per heavy atom. The number of carbonyl (C=O) groups is 1. The van der Waals surface area contributed by atoms with Gasteiger partial charge in [0.1, 0.15) is 5.82 Å². The van der Waals surface area contributed by atoms with E-state index in [0.29, 0.717) is 5.69 Å². The van der Waals surface area contributed by atoms with Crippen LogP contribution in [0, 0.1) is 0 Å². The molecule has 5 rings (SSSR count). The molecule has 2 aromatic carbocycles. The quantitative estimate of drug-likeness (QED) is 0.354. The highest BCUT2D eigenvalue weighted by Gasteiger charge is 2.23. The number of nitrogens with zero attached hydrogens (tertiary/aromatic N) is 3. The number of hydrogen-bond donors (Lipinski definition) is 1. The second kappa shape index (κ2) is 11.1. The summed E-state index contributed by atoms with van der Waals surface area (Å²) in [5.74, 6) is 0.543. The van der Waals surface area contributed by atoms with Gasteiger partial charge in [0.05, 0.1) is 34.9 Å². The Morgan fingerprint density at radius 2 is 1.79 bits per heavy atom. The van der Waals surface area contributed by atoms with Crippen molar-refractivity contribution in [3.63, 3.8) is 0 Å². The number of anilines is 2. The molecule has 0 bridgehead atoms. The number of sulfone groups is 1. The van der Waals surface area contributed by atoms with Crippen molar-refractivity contribution in [3.8, 4) is 11.3 Å². The molecule has 0 saturated carbocycles. The van der Waals surface area contributed by atoms with E-state index in [2.05, 4.69) is 29.0 Å². The standard InChI is InChI=1S/C29H29FN4O4S/c1-19-16-34(17-20(2)38-19)28-8-4-7-27(33-28)21-9-10-22-15-31-25(12-23(22)11-21)14-29(35)32-24-5-3-6-26(13-24)39(36,37)18-30/h3-13,15,19-20H,14,16-18H2,1-2H3,(H,32,35)/t19-,20+. The second-order valence-electron chi connectivity index (χ2n) is 9.76. The molecule has 2 aromatic heterocycles. The molecule has 0 spiro atoms. The third-order valence-electron chi connectivity index (χ3n) is 6.51. The van der Waals surface area contributed by atoms with E-state index in [1.165, 1.54) is 18.2 Å². The number of fused-ring (bicyclic) bond motifs is 1. The molecule has 1 N–H and O–H groups in total. The summed E-state index contributed by atoms with van der Waals surface area (Å²) in [6.45, 7) is 5.70. The molecule has 39 heavy (non-hydrogen) atoms. The predicted octanol–water partition coefficient (Wildman–Crippen LogP) is 4.79. The number of hydrogen-bond acceptors (Lipinski definition) is 7. The van der Waals surface area contributed by atoms with Crippen molar-refractivity contribution in [3.05, 3.63) is 78.6 Å². The number of pyridine rings is 2. The van der Waals surface area contributed by atoms with Crippen molar-refractivity contribution >= 4 is 38.0 Å². The molecule has 202 valence electrons. The topological polar surface area (TPSA) is 101 Å². The minimum absolute atomic E-state index is 0.0125. The highest BCUT2D eigenvalue weighted by molar-refractivity contribution is 7.91. The first-order chi connectivity index (χ1) is 18.7. The third kappa shape index (κ3) is 6.23. The fourth-order valence-corrected chi connectivity index (χ4v) is 5.49. The van der Waals surface area contributed by atoms with Gasteiger partial charge in [-0.25, -0.2) is 17.8 Å². The number of amides is 1. The number of carbonyl (C=O) groups excluding carboxylic acids is 1. The number of nitrogens with one attached hydrogen (secondary N) is 1. The van der Waals surface area contributed by atoms with Gasteiger partial charge in [0.2, 0.25) is 15.7 Å². The van der Waals surface area contributed by atoms with Crippen molar-refractivity contribution in [2.24, 2.45) is 0 Å². The minimum Gasteiger partial charge on any atom is -0.372 e. The predicted molar refractivity (Wildman–Crippen MR) is 149 cm³/mol. The van der Waals surface area contributed by atoms with Gasteiger partial charge >= 0.3 is 0 Å². The minimum atomic E-state index is -4.02. The van der Waals surface area contributed by atoms with Crippen LogP contribution in [0.3, 0.4) is 0 Å². The van der Waals surface area contributed by atoms with Gasteiger partial charge in [-0.1, -0.05) is 24.3 Å². The number of ether oxygens (including phenoxy) is 1.